The molecule has 0 aliphatic heterocycles. The number of rotatable bonds is 10. The van der Waals surface area contributed by atoms with E-state index in [0.717, 1.165) is 20.6 Å². The van der Waals surface area contributed by atoms with Gasteiger partial charge < -0.3 is 10.2 Å². The van der Waals surface area contributed by atoms with Gasteiger partial charge in [0, 0.05) is 22.6 Å². The van der Waals surface area contributed by atoms with Crippen LogP contribution in [0.25, 0.3) is 0 Å². The van der Waals surface area contributed by atoms with Crippen molar-refractivity contribution in [3.8, 4) is 0 Å². The highest BCUT2D eigenvalue weighted by molar-refractivity contribution is 9.10. The van der Waals surface area contributed by atoms with Gasteiger partial charge >= 0.3 is 0 Å². The van der Waals surface area contributed by atoms with Crippen molar-refractivity contribution in [2.24, 2.45) is 0 Å². The highest BCUT2D eigenvalue weighted by Gasteiger charge is 2.30. The molecule has 0 spiro atoms. The summed E-state index contributed by atoms with van der Waals surface area (Å²) in [6, 6.07) is 12.4. The zero-order valence-electron chi connectivity index (χ0n) is 19.9. The molecule has 34 heavy (non-hydrogen) atoms. The van der Waals surface area contributed by atoms with Gasteiger partial charge in [-0.15, -0.1) is 0 Å². The SMILES string of the molecule is CC(=O)c1cccc(N(CC(=O)N(Cc2ccc(Br)cc2)[C@H](C)C(=O)NC(C)C)S(C)(=O)=O)c1. The standard InChI is InChI=1S/C24H30BrN3O5S/c1-16(2)26-24(31)17(3)27(14-19-9-11-21(25)12-10-19)23(30)15-28(34(5,32)33)22-8-6-7-20(13-22)18(4)29/h6-13,16-17H,14-15H2,1-5H3,(H,26,31)/t17-/m1/s1. The van der Waals surface area contributed by atoms with E-state index in [-0.39, 0.29) is 30.0 Å². The van der Waals surface area contributed by atoms with Gasteiger partial charge in [0.05, 0.1) is 11.9 Å². The molecular weight excluding hydrogens is 522 g/mol. The third-order valence-electron chi connectivity index (χ3n) is 5.08. The second kappa shape index (κ2) is 11.6. The molecule has 0 saturated carbocycles. The molecule has 0 aromatic heterocycles. The average molecular weight is 552 g/mol. The number of anilines is 1. The lowest BCUT2D eigenvalue weighted by Crippen LogP contribution is -2.52. The third-order valence-corrected chi connectivity index (χ3v) is 6.75. The van der Waals surface area contributed by atoms with Crippen LogP contribution in [0.2, 0.25) is 0 Å². The molecule has 2 aromatic rings. The molecule has 0 bridgehead atoms. The van der Waals surface area contributed by atoms with Gasteiger partial charge in [-0.1, -0.05) is 40.2 Å². The first-order valence-corrected chi connectivity index (χ1v) is 13.4. The number of carbonyl (C=O) groups is 3. The second-order valence-corrected chi connectivity index (χ2v) is 11.2. The molecule has 0 fully saturated rings. The highest BCUT2D eigenvalue weighted by Crippen LogP contribution is 2.21. The molecule has 0 heterocycles. The van der Waals surface area contributed by atoms with Gasteiger partial charge in [-0.05, 0) is 57.5 Å². The molecule has 10 heteroatoms. The Balaban J connectivity index is 2.42. The van der Waals surface area contributed by atoms with Crippen molar-refractivity contribution in [1.29, 1.82) is 0 Å². The molecule has 0 radical (unpaired) electrons. The first-order valence-electron chi connectivity index (χ1n) is 10.7. The van der Waals surface area contributed by atoms with Crippen molar-refractivity contribution < 1.29 is 22.8 Å². The van der Waals surface area contributed by atoms with Crippen molar-refractivity contribution in [3.63, 3.8) is 0 Å². The summed E-state index contributed by atoms with van der Waals surface area (Å²) in [6.07, 6.45) is 0.995. The summed E-state index contributed by atoms with van der Waals surface area (Å²) in [7, 11) is -3.86. The van der Waals surface area contributed by atoms with Gasteiger partial charge in [-0.25, -0.2) is 8.42 Å². The van der Waals surface area contributed by atoms with E-state index in [1.807, 2.05) is 38.1 Å². The van der Waals surface area contributed by atoms with Crippen LogP contribution >= 0.6 is 15.9 Å². The molecule has 1 N–H and O–H groups in total. The Morgan fingerprint density at radius 3 is 2.18 bits per heavy atom. The first kappa shape index (κ1) is 27.5. The maximum atomic E-state index is 13.5. The fourth-order valence-corrected chi connectivity index (χ4v) is 4.37. The minimum Gasteiger partial charge on any atom is -0.352 e. The normalized spacial score (nSPS) is 12.2. The largest absolute Gasteiger partial charge is 0.352 e. The average Bonchev–Trinajstić information content (AvgIpc) is 2.75. The van der Waals surface area contributed by atoms with Gasteiger partial charge in [0.1, 0.15) is 12.6 Å². The lowest BCUT2D eigenvalue weighted by Gasteiger charge is -2.32. The van der Waals surface area contributed by atoms with Crippen LogP contribution in [0.3, 0.4) is 0 Å². The molecule has 1 atom stereocenters. The van der Waals surface area contributed by atoms with Crippen molar-refractivity contribution in [1.82, 2.24) is 10.2 Å². The number of carbonyl (C=O) groups excluding carboxylic acids is 3. The Labute approximate surface area is 209 Å². The summed E-state index contributed by atoms with van der Waals surface area (Å²) in [4.78, 5) is 39.3. The van der Waals surface area contributed by atoms with Crippen LogP contribution in [0.1, 0.15) is 43.6 Å². The quantitative estimate of drug-likeness (QED) is 0.456. The van der Waals surface area contributed by atoms with Gasteiger partial charge in [-0.2, -0.15) is 0 Å². The Bertz CT molecular complexity index is 1150. The van der Waals surface area contributed by atoms with E-state index in [4.69, 9.17) is 0 Å². The number of ketones is 1. The van der Waals surface area contributed by atoms with Gasteiger partial charge in [0.25, 0.3) is 0 Å². The fraction of sp³-hybridized carbons (Fsp3) is 0.375. The second-order valence-electron chi connectivity index (χ2n) is 8.36. The van der Waals surface area contributed by atoms with E-state index in [9.17, 15) is 22.8 Å². The maximum absolute atomic E-state index is 13.5. The van der Waals surface area contributed by atoms with Gasteiger partial charge in [0.2, 0.25) is 21.8 Å². The molecule has 8 nitrogen and oxygen atoms in total. The fourth-order valence-electron chi connectivity index (χ4n) is 3.27. The van der Waals surface area contributed by atoms with E-state index in [2.05, 4.69) is 21.2 Å². The highest BCUT2D eigenvalue weighted by atomic mass is 79.9. The molecule has 2 amide bonds. The van der Waals surface area contributed by atoms with Crippen LogP contribution in [0.15, 0.2) is 53.0 Å². The molecular formula is C24H30BrN3O5S. The van der Waals surface area contributed by atoms with Crippen molar-refractivity contribution in [3.05, 3.63) is 64.1 Å². The summed E-state index contributed by atoms with van der Waals surface area (Å²) in [6.45, 7) is 6.22. The maximum Gasteiger partial charge on any atom is 0.244 e. The Morgan fingerprint density at radius 2 is 1.65 bits per heavy atom. The number of sulfonamides is 1. The number of nitrogens with one attached hydrogen (secondary N) is 1. The van der Waals surface area contributed by atoms with Crippen molar-refractivity contribution >= 4 is 49.2 Å². The molecule has 0 unspecified atom stereocenters. The van der Waals surface area contributed by atoms with E-state index in [1.165, 1.54) is 24.0 Å². The zero-order valence-corrected chi connectivity index (χ0v) is 22.3. The number of Topliss-reactive ketones (excluding diaryl/α,β-unsaturated/α-hetero) is 1. The van der Waals surface area contributed by atoms with E-state index in [1.54, 1.807) is 19.1 Å². The summed E-state index contributed by atoms with van der Waals surface area (Å²) in [5.41, 5.74) is 1.31. The summed E-state index contributed by atoms with van der Waals surface area (Å²) >= 11 is 3.37. The summed E-state index contributed by atoms with van der Waals surface area (Å²) in [5, 5.41) is 2.80. The number of hydrogen-bond donors (Lipinski definition) is 1. The number of amides is 2. The topological polar surface area (TPSA) is 104 Å². The number of nitrogens with zero attached hydrogens (tertiary/aromatic N) is 2. The van der Waals surface area contributed by atoms with Gasteiger partial charge in [0.15, 0.2) is 5.78 Å². The molecule has 2 aromatic carbocycles. The van der Waals surface area contributed by atoms with Crippen LogP contribution in [0, 0.1) is 0 Å². The smallest absolute Gasteiger partial charge is 0.244 e. The predicted molar refractivity (Wildman–Crippen MR) is 136 cm³/mol. The first-order chi connectivity index (χ1) is 15.8. The number of halogens is 1. The van der Waals surface area contributed by atoms with Crippen LogP contribution in [-0.4, -0.2) is 55.8 Å². The third kappa shape index (κ3) is 7.66. The minimum absolute atomic E-state index is 0.115. The summed E-state index contributed by atoms with van der Waals surface area (Å²) in [5.74, 6) is -1.12. The molecule has 0 saturated heterocycles. The van der Waals surface area contributed by atoms with Crippen molar-refractivity contribution in [2.75, 3.05) is 17.1 Å². The van der Waals surface area contributed by atoms with E-state index < -0.39 is 28.5 Å². The predicted octanol–water partition coefficient (Wildman–Crippen LogP) is 3.36. The Kier molecular flexibility index (Phi) is 9.40. The van der Waals surface area contributed by atoms with Crippen molar-refractivity contribution in [2.45, 2.75) is 46.3 Å². The Morgan fingerprint density at radius 1 is 1.03 bits per heavy atom. The lowest BCUT2D eigenvalue weighted by molar-refractivity contribution is -0.139. The summed E-state index contributed by atoms with van der Waals surface area (Å²) < 4.78 is 27.0. The van der Waals surface area contributed by atoms with E-state index >= 15 is 0 Å². The van der Waals surface area contributed by atoms with Crippen LogP contribution in [0.5, 0.6) is 0 Å². The lowest BCUT2D eigenvalue weighted by atomic mass is 10.1. The zero-order chi connectivity index (χ0) is 25.6. The number of benzene rings is 2. The Hall–Kier alpha value is -2.72. The minimum atomic E-state index is -3.86. The molecule has 2 rings (SSSR count). The van der Waals surface area contributed by atoms with Crippen LogP contribution in [-0.2, 0) is 26.2 Å². The van der Waals surface area contributed by atoms with Crippen LogP contribution in [0.4, 0.5) is 5.69 Å². The molecule has 0 aliphatic rings. The monoisotopic (exact) mass is 551 g/mol. The van der Waals surface area contributed by atoms with E-state index in [0.29, 0.717) is 5.56 Å². The molecule has 184 valence electrons. The molecule has 0 aliphatic carbocycles. The van der Waals surface area contributed by atoms with Gasteiger partial charge in [-0.3, -0.25) is 18.7 Å². The van der Waals surface area contributed by atoms with Crippen LogP contribution < -0.4 is 9.62 Å². The number of hydrogen-bond acceptors (Lipinski definition) is 5.